The number of aromatic nitrogens is 2. The molecular weight excluding hydrogens is 500 g/mol. The molecule has 1 fully saturated rings. The third-order valence-corrected chi connectivity index (χ3v) is 7.75. The Morgan fingerprint density at radius 3 is 2.50 bits per heavy atom. The van der Waals surface area contributed by atoms with Gasteiger partial charge in [-0.25, -0.2) is 0 Å². The number of hydrogen-bond donors (Lipinski definition) is 1. The predicted molar refractivity (Wildman–Crippen MR) is 162 cm³/mol. The number of ether oxygens (including phenoxy) is 1. The maximum Gasteiger partial charge on any atom is 0.258 e. The molecule has 1 N–H and O–H groups in total. The van der Waals surface area contributed by atoms with E-state index in [1.165, 1.54) is 0 Å². The minimum Gasteiger partial charge on any atom is -0.493 e. The zero-order valence-corrected chi connectivity index (χ0v) is 25.0. The second-order valence-electron chi connectivity index (χ2n) is 12.5. The molecule has 8 heteroatoms. The van der Waals surface area contributed by atoms with Gasteiger partial charge in [0.05, 0.1) is 30.7 Å². The molecule has 2 aromatic carbocycles. The zero-order valence-electron chi connectivity index (χ0n) is 25.0. The number of anilines is 3. The highest BCUT2D eigenvalue weighted by molar-refractivity contribution is 6.08. The van der Waals surface area contributed by atoms with Crippen molar-refractivity contribution in [2.45, 2.75) is 47.6 Å². The molecule has 3 aromatic rings. The number of carbonyl (C=O) groups excluding carboxylic acids is 1. The van der Waals surface area contributed by atoms with Gasteiger partial charge in [-0.05, 0) is 67.1 Å². The molecule has 2 aliphatic rings. The van der Waals surface area contributed by atoms with Crippen molar-refractivity contribution in [1.29, 1.82) is 0 Å². The van der Waals surface area contributed by atoms with Gasteiger partial charge in [-0.15, -0.1) is 0 Å². The highest BCUT2D eigenvalue weighted by Crippen LogP contribution is 2.37. The van der Waals surface area contributed by atoms with Crippen LogP contribution in [0.4, 0.5) is 17.2 Å². The van der Waals surface area contributed by atoms with Crippen LogP contribution in [0.1, 0.15) is 54.2 Å². The molecule has 0 unspecified atom stereocenters. The molecule has 0 radical (unpaired) electrons. The van der Waals surface area contributed by atoms with Gasteiger partial charge in [0.25, 0.3) is 5.91 Å². The Bertz CT molecular complexity index is 1350. The van der Waals surface area contributed by atoms with E-state index in [4.69, 9.17) is 4.74 Å². The van der Waals surface area contributed by atoms with E-state index >= 15 is 0 Å². The van der Waals surface area contributed by atoms with Gasteiger partial charge in [0, 0.05) is 57.4 Å². The van der Waals surface area contributed by atoms with Crippen molar-refractivity contribution in [3.63, 3.8) is 0 Å². The molecule has 1 saturated heterocycles. The van der Waals surface area contributed by atoms with Crippen molar-refractivity contribution in [3.05, 3.63) is 64.8 Å². The highest BCUT2D eigenvalue weighted by Gasteiger charge is 2.27. The fourth-order valence-electron chi connectivity index (χ4n) is 5.72. The molecule has 0 saturated carbocycles. The van der Waals surface area contributed by atoms with Gasteiger partial charge < -0.3 is 24.8 Å². The fourth-order valence-corrected chi connectivity index (χ4v) is 5.72. The van der Waals surface area contributed by atoms with Crippen LogP contribution in [0, 0.1) is 19.3 Å². The molecule has 1 aromatic heterocycles. The summed E-state index contributed by atoms with van der Waals surface area (Å²) in [5, 5.41) is 7.90. The molecule has 0 aliphatic carbocycles. The second kappa shape index (κ2) is 11.6. The molecule has 2 aliphatic heterocycles. The number of hydrogen-bond acceptors (Lipinski definition) is 6. The van der Waals surface area contributed by atoms with E-state index in [9.17, 15) is 4.79 Å². The van der Waals surface area contributed by atoms with E-state index < -0.39 is 0 Å². The number of nitrogens with one attached hydrogen (secondary N) is 1. The zero-order chi connectivity index (χ0) is 28.4. The van der Waals surface area contributed by atoms with Crippen molar-refractivity contribution in [2.24, 2.45) is 12.5 Å². The number of aryl methyl sites for hydroxylation is 3. The lowest BCUT2D eigenvalue weighted by Crippen LogP contribution is -2.48. The summed E-state index contributed by atoms with van der Waals surface area (Å²) < 4.78 is 7.97. The first-order valence-corrected chi connectivity index (χ1v) is 14.5. The maximum absolute atomic E-state index is 13.8. The van der Waals surface area contributed by atoms with Gasteiger partial charge in [-0.3, -0.25) is 9.48 Å². The Labute approximate surface area is 238 Å². The summed E-state index contributed by atoms with van der Waals surface area (Å²) >= 11 is 0. The second-order valence-corrected chi connectivity index (χ2v) is 12.5. The Morgan fingerprint density at radius 2 is 1.77 bits per heavy atom. The number of fused-ring (bicyclic) bond motifs is 2. The smallest absolute Gasteiger partial charge is 0.258 e. The molecule has 3 heterocycles. The number of piperazine rings is 1. The molecular formula is C32H44N6O2. The largest absolute Gasteiger partial charge is 0.493 e. The van der Waals surface area contributed by atoms with Gasteiger partial charge in [0.1, 0.15) is 11.6 Å². The van der Waals surface area contributed by atoms with Crippen LogP contribution in [-0.2, 0) is 13.6 Å². The Hall–Kier alpha value is -3.36. The molecule has 0 atom stereocenters. The summed E-state index contributed by atoms with van der Waals surface area (Å²) in [5.74, 6) is 1.72. The molecule has 40 heavy (non-hydrogen) atoms. The van der Waals surface area contributed by atoms with Crippen molar-refractivity contribution in [3.8, 4) is 5.75 Å². The third kappa shape index (κ3) is 6.50. The van der Waals surface area contributed by atoms with E-state index in [1.807, 2.05) is 60.1 Å². The summed E-state index contributed by atoms with van der Waals surface area (Å²) in [6.07, 6.45) is 2.82. The first-order valence-electron chi connectivity index (χ1n) is 14.5. The van der Waals surface area contributed by atoms with Crippen LogP contribution in [0.2, 0.25) is 0 Å². The van der Waals surface area contributed by atoms with Gasteiger partial charge in [-0.1, -0.05) is 26.8 Å². The minimum absolute atomic E-state index is 0.0381. The van der Waals surface area contributed by atoms with Crippen molar-refractivity contribution >= 4 is 23.1 Å². The number of rotatable bonds is 7. The average molecular weight is 545 g/mol. The molecule has 5 rings (SSSR count). The van der Waals surface area contributed by atoms with Crippen molar-refractivity contribution in [2.75, 3.05) is 56.1 Å². The summed E-state index contributed by atoms with van der Waals surface area (Å²) in [4.78, 5) is 20.8. The van der Waals surface area contributed by atoms with Gasteiger partial charge >= 0.3 is 0 Å². The Kier molecular flexibility index (Phi) is 8.19. The first kappa shape index (κ1) is 28.2. The van der Waals surface area contributed by atoms with Crippen molar-refractivity contribution in [1.82, 2.24) is 19.6 Å². The SMILES string of the molecule is Cc1ccc2c(c1)Nc1c(cnn1C)CN2C(=O)c1ccc(OCCCN2CCN(CC(C)(C)C)CC2)c(C)c1. The molecule has 8 nitrogen and oxygen atoms in total. The third-order valence-electron chi connectivity index (χ3n) is 7.75. The average Bonchev–Trinajstić information content (AvgIpc) is 3.15. The lowest BCUT2D eigenvalue weighted by Gasteiger charge is -2.37. The summed E-state index contributed by atoms with van der Waals surface area (Å²) in [5.41, 5.74) is 5.86. The van der Waals surface area contributed by atoms with E-state index in [2.05, 4.69) is 54.0 Å². The normalized spacial score (nSPS) is 16.2. The molecule has 0 spiro atoms. The van der Waals surface area contributed by atoms with Gasteiger partial charge in [0.2, 0.25) is 0 Å². The van der Waals surface area contributed by atoms with Gasteiger partial charge in [-0.2, -0.15) is 5.10 Å². The predicted octanol–water partition coefficient (Wildman–Crippen LogP) is 5.37. The van der Waals surface area contributed by atoms with Crippen LogP contribution < -0.4 is 15.0 Å². The molecule has 0 bridgehead atoms. The topological polar surface area (TPSA) is 65.9 Å². The first-order chi connectivity index (χ1) is 19.1. The van der Waals surface area contributed by atoms with Crippen LogP contribution in [0.15, 0.2) is 42.6 Å². The Morgan fingerprint density at radius 1 is 1.02 bits per heavy atom. The number of amides is 1. The van der Waals surface area contributed by atoms with E-state index in [0.717, 1.165) is 85.3 Å². The maximum atomic E-state index is 13.8. The van der Waals surface area contributed by atoms with Gasteiger partial charge in [0.15, 0.2) is 0 Å². The summed E-state index contributed by atoms with van der Waals surface area (Å²) in [6, 6.07) is 11.9. The highest BCUT2D eigenvalue weighted by atomic mass is 16.5. The molecule has 1 amide bonds. The monoisotopic (exact) mass is 544 g/mol. The molecule has 214 valence electrons. The fraction of sp³-hybridized carbons (Fsp3) is 0.500. The van der Waals surface area contributed by atoms with E-state index in [0.29, 0.717) is 24.1 Å². The minimum atomic E-state index is -0.0381. The number of benzene rings is 2. The number of carbonyl (C=O) groups is 1. The quantitative estimate of drug-likeness (QED) is 0.403. The van der Waals surface area contributed by atoms with Crippen LogP contribution in [0.3, 0.4) is 0 Å². The van der Waals surface area contributed by atoms with E-state index in [-0.39, 0.29) is 5.91 Å². The summed E-state index contributed by atoms with van der Waals surface area (Å²) in [6.45, 7) is 18.9. The van der Waals surface area contributed by atoms with Crippen LogP contribution in [0.25, 0.3) is 0 Å². The van der Waals surface area contributed by atoms with E-state index in [1.54, 1.807) is 0 Å². The lowest BCUT2D eigenvalue weighted by molar-refractivity contribution is 0.0985. The van der Waals surface area contributed by atoms with Crippen LogP contribution in [0.5, 0.6) is 5.75 Å². The summed E-state index contributed by atoms with van der Waals surface area (Å²) in [7, 11) is 1.91. The number of nitrogens with zero attached hydrogens (tertiary/aromatic N) is 5. The standard InChI is InChI=1S/C32H44N6O2/c1-23-8-10-28-27(18-23)34-30-26(20-33-35(30)6)21-38(28)31(39)25-9-11-29(24(2)19-25)40-17-7-12-36-13-15-37(16-14-36)22-32(3,4)5/h8-11,18-20,34H,7,12-17,21-22H2,1-6H3. The van der Waals surface area contributed by atoms with Crippen LogP contribution >= 0.6 is 0 Å². The Balaban J connectivity index is 1.19. The van der Waals surface area contributed by atoms with Crippen LogP contribution in [-0.4, -0.2) is 71.4 Å². The lowest BCUT2D eigenvalue weighted by atomic mass is 9.96. The van der Waals surface area contributed by atoms with Crippen molar-refractivity contribution < 1.29 is 9.53 Å².